The van der Waals surface area contributed by atoms with Crippen LogP contribution < -0.4 is 0 Å². The number of ether oxygens (including phenoxy) is 4. The molecule has 1 aliphatic heterocycles. The van der Waals surface area contributed by atoms with Crippen LogP contribution in [0.2, 0.25) is 0 Å². The molecule has 0 aromatic heterocycles. The predicted octanol–water partition coefficient (Wildman–Crippen LogP) is 3.78. The third-order valence-electron chi connectivity index (χ3n) is 4.66. The van der Waals surface area contributed by atoms with Crippen LogP contribution in [0, 0.1) is 0 Å². The van der Waals surface area contributed by atoms with Crippen LogP contribution in [0.5, 0.6) is 0 Å². The molecule has 5 nitrogen and oxygen atoms in total. The van der Waals surface area contributed by atoms with Crippen molar-refractivity contribution < 1.29 is 24.1 Å². The fourth-order valence-electron chi connectivity index (χ4n) is 3.32. The van der Waals surface area contributed by atoms with E-state index in [1.54, 1.807) is 7.11 Å². The van der Waals surface area contributed by atoms with Crippen LogP contribution in [0.3, 0.4) is 0 Å². The van der Waals surface area contributed by atoms with Crippen LogP contribution in [0.25, 0.3) is 0 Å². The van der Waals surface area contributed by atoms with Gasteiger partial charge in [-0.25, -0.2) is 0 Å². The van der Waals surface area contributed by atoms with E-state index in [2.05, 4.69) is 0 Å². The molecule has 0 aliphatic carbocycles. The molecule has 0 saturated carbocycles. The summed E-state index contributed by atoms with van der Waals surface area (Å²) in [5.74, 6) is -0.662. The molecule has 3 atom stereocenters. The fraction of sp³-hybridized carbons (Fsp3) is 0.455. The fourth-order valence-corrected chi connectivity index (χ4v) is 3.32. The number of aliphatic hydroxyl groups excluding tert-OH is 1. The van der Waals surface area contributed by atoms with E-state index in [4.69, 9.17) is 18.9 Å². The SMILES string of the molecule is COC(CO)c1ccc(C2OC(C)(C)OC2COCc2ccccc2)cc1. The third-order valence-corrected chi connectivity index (χ3v) is 4.66. The number of benzene rings is 2. The predicted molar refractivity (Wildman–Crippen MR) is 102 cm³/mol. The average Bonchev–Trinajstić information content (AvgIpc) is 2.99. The maximum atomic E-state index is 9.38. The Bertz CT molecular complexity index is 694. The lowest BCUT2D eigenvalue weighted by atomic mass is 10.0. The molecule has 1 fully saturated rings. The highest BCUT2D eigenvalue weighted by molar-refractivity contribution is 5.27. The zero-order valence-corrected chi connectivity index (χ0v) is 16.1. The molecule has 1 aliphatic rings. The number of aliphatic hydroxyl groups is 1. The highest BCUT2D eigenvalue weighted by atomic mass is 16.8. The Morgan fingerprint density at radius 2 is 1.74 bits per heavy atom. The molecule has 27 heavy (non-hydrogen) atoms. The van der Waals surface area contributed by atoms with Crippen LogP contribution >= 0.6 is 0 Å². The van der Waals surface area contributed by atoms with Gasteiger partial charge in [-0.3, -0.25) is 0 Å². The van der Waals surface area contributed by atoms with Crippen LogP contribution in [0.15, 0.2) is 54.6 Å². The molecule has 0 amide bonds. The number of rotatable bonds is 8. The van der Waals surface area contributed by atoms with Crippen LogP contribution in [0.1, 0.15) is 42.7 Å². The lowest BCUT2D eigenvalue weighted by Gasteiger charge is -2.19. The molecule has 0 bridgehead atoms. The molecule has 0 spiro atoms. The zero-order valence-electron chi connectivity index (χ0n) is 16.1. The van der Waals surface area contributed by atoms with Crippen molar-refractivity contribution in [2.75, 3.05) is 20.3 Å². The Morgan fingerprint density at radius 3 is 2.37 bits per heavy atom. The first-order valence-electron chi connectivity index (χ1n) is 9.23. The van der Waals surface area contributed by atoms with Crippen molar-refractivity contribution in [1.29, 1.82) is 0 Å². The first-order valence-corrected chi connectivity index (χ1v) is 9.23. The van der Waals surface area contributed by atoms with Gasteiger partial charge in [0, 0.05) is 7.11 Å². The third kappa shape index (κ3) is 5.15. The van der Waals surface area contributed by atoms with E-state index in [0.29, 0.717) is 13.2 Å². The van der Waals surface area contributed by atoms with Gasteiger partial charge in [0.2, 0.25) is 0 Å². The summed E-state index contributed by atoms with van der Waals surface area (Å²) < 4.78 is 23.3. The number of hydrogen-bond acceptors (Lipinski definition) is 5. The first kappa shape index (κ1) is 20.0. The Hall–Kier alpha value is -1.76. The van der Waals surface area contributed by atoms with Gasteiger partial charge in [0.1, 0.15) is 18.3 Å². The topological polar surface area (TPSA) is 57.2 Å². The maximum absolute atomic E-state index is 9.38. The minimum absolute atomic E-state index is 0.0537. The molecular formula is C22H28O5. The van der Waals surface area contributed by atoms with Gasteiger partial charge < -0.3 is 24.1 Å². The van der Waals surface area contributed by atoms with E-state index in [-0.39, 0.29) is 24.9 Å². The summed E-state index contributed by atoms with van der Waals surface area (Å²) in [6.45, 7) is 4.76. The quantitative estimate of drug-likeness (QED) is 0.764. The lowest BCUT2D eigenvalue weighted by molar-refractivity contribution is -0.151. The highest BCUT2D eigenvalue weighted by Crippen LogP contribution is 2.38. The summed E-state index contributed by atoms with van der Waals surface area (Å²) in [5.41, 5.74) is 3.08. The molecule has 5 heteroatoms. The van der Waals surface area contributed by atoms with Gasteiger partial charge in [-0.05, 0) is 30.5 Å². The summed E-state index contributed by atoms with van der Waals surface area (Å²) in [6, 6.07) is 18.0. The van der Waals surface area contributed by atoms with Crippen LogP contribution in [-0.4, -0.2) is 37.3 Å². The monoisotopic (exact) mass is 372 g/mol. The van der Waals surface area contributed by atoms with Gasteiger partial charge >= 0.3 is 0 Å². The van der Waals surface area contributed by atoms with E-state index in [9.17, 15) is 5.11 Å². The van der Waals surface area contributed by atoms with Crippen molar-refractivity contribution >= 4 is 0 Å². The number of methoxy groups -OCH3 is 1. The molecule has 3 unspecified atom stereocenters. The van der Waals surface area contributed by atoms with Gasteiger partial charge in [-0.15, -0.1) is 0 Å². The minimum Gasteiger partial charge on any atom is -0.393 e. The lowest BCUT2D eigenvalue weighted by Crippen LogP contribution is -2.24. The van der Waals surface area contributed by atoms with Crippen molar-refractivity contribution in [2.24, 2.45) is 0 Å². The summed E-state index contributed by atoms with van der Waals surface area (Å²) in [7, 11) is 1.59. The van der Waals surface area contributed by atoms with Gasteiger partial charge in [0.05, 0.1) is 19.8 Å². The molecule has 1 N–H and O–H groups in total. The van der Waals surface area contributed by atoms with E-state index >= 15 is 0 Å². The Balaban J connectivity index is 1.66. The second-order valence-electron chi connectivity index (χ2n) is 7.17. The van der Waals surface area contributed by atoms with Gasteiger partial charge in [0.25, 0.3) is 0 Å². The van der Waals surface area contributed by atoms with Crippen molar-refractivity contribution in [3.63, 3.8) is 0 Å². The van der Waals surface area contributed by atoms with E-state index in [0.717, 1.165) is 16.7 Å². The van der Waals surface area contributed by atoms with E-state index in [1.165, 1.54) is 0 Å². The second-order valence-corrected chi connectivity index (χ2v) is 7.17. The Kier molecular flexibility index (Phi) is 6.63. The maximum Gasteiger partial charge on any atom is 0.164 e. The zero-order chi connectivity index (χ0) is 19.3. The molecule has 1 heterocycles. The smallest absolute Gasteiger partial charge is 0.164 e. The standard InChI is InChI=1S/C22H28O5/c1-22(2)26-20(15-25-14-16-7-5-4-6-8-16)21(27-22)18-11-9-17(10-12-18)19(13-23)24-3/h4-12,19-21,23H,13-15H2,1-3H3. The van der Waals surface area contributed by atoms with Gasteiger partial charge in [-0.1, -0.05) is 54.6 Å². The summed E-state index contributed by atoms with van der Waals surface area (Å²) in [5, 5.41) is 9.38. The summed E-state index contributed by atoms with van der Waals surface area (Å²) >= 11 is 0. The summed E-state index contributed by atoms with van der Waals surface area (Å²) in [4.78, 5) is 0. The van der Waals surface area contributed by atoms with Crippen molar-refractivity contribution in [1.82, 2.24) is 0 Å². The molecule has 0 radical (unpaired) electrons. The van der Waals surface area contributed by atoms with E-state index in [1.807, 2.05) is 68.4 Å². The molecular weight excluding hydrogens is 344 g/mol. The molecule has 146 valence electrons. The minimum atomic E-state index is -0.662. The normalized spacial score (nSPS) is 22.7. The molecule has 3 rings (SSSR count). The molecule has 2 aromatic carbocycles. The van der Waals surface area contributed by atoms with Crippen LogP contribution in [0.4, 0.5) is 0 Å². The Labute approximate surface area is 160 Å². The Morgan fingerprint density at radius 1 is 1.04 bits per heavy atom. The van der Waals surface area contributed by atoms with Crippen molar-refractivity contribution in [2.45, 2.75) is 44.6 Å². The highest BCUT2D eigenvalue weighted by Gasteiger charge is 2.42. The van der Waals surface area contributed by atoms with Crippen molar-refractivity contribution in [3.05, 3.63) is 71.3 Å². The molecule has 1 saturated heterocycles. The van der Waals surface area contributed by atoms with Crippen molar-refractivity contribution in [3.8, 4) is 0 Å². The van der Waals surface area contributed by atoms with E-state index < -0.39 is 5.79 Å². The average molecular weight is 372 g/mol. The van der Waals surface area contributed by atoms with Crippen LogP contribution in [-0.2, 0) is 25.6 Å². The summed E-state index contributed by atoms with van der Waals surface area (Å²) in [6.07, 6.45) is -0.716. The van der Waals surface area contributed by atoms with Gasteiger partial charge in [0.15, 0.2) is 5.79 Å². The van der Waals surface area contributed by atoms with Gasteiger partial charge in [-0.2, -0.15) is 0 Å². The number of hydrogen-bond donors (Lipinski definition) is 1. The second kappa shape index (κ2) is 8.95. The first-order chi connectivity index (χ1) is 13.0. The molecule has 2 aromatic rings. The largest absolute Gasteiger partial charge is 0.393 e.